The molecule has 0 spiro atoms. The first-order chi connectivity index (χ1) is 10.9. The number of amides is 1. The molecule has 2 N–H and O–H groups in total. The third-order valence-electron chi connectivity index (χ3n) is 3.67. The highest BCUT2D eigenvalue weighted by Crippen LogP contribution is 2.06. The first kappa shape index (κ1) is 22.9. The summed E-state index contributed by atoms with van der Waals surface area (Å²) < 4.78 is 25.8. The molecule has 0 aliphatic rings. The molecule has 0 saturated carbocycles. The van der Waals surface area contributed by atoms with Crippen LogP contribution in [0.2, 0.25) is 0 Å². The van der Waals surface area contributed by atoms with Crippen LogP contribution in [0, 0.1) is 0 Å². The number of hydrogen-bond donors (Lipinski definition) is 1. The van der Waals surface area contributed by atoms with Crippen molar-refractivity contribution in [1.82, 2.24) is 9.21 Å². The molecule has 1 aromatic rings. The minimum Gasteiger partial charge on any atom is -0.340 e. The van der Waals surface area contributed by atoms with Gasteiger partial charge in [-0.05, 0) is 12.0 Å². The predicted octanol–water partition coefficient (Wildman–Crippen LogP) is 1.11. The van der Waals surface area contributed by atoms with Crippen molar-refractivity contribution in [2.75, 3.05) is 38.5 Å². The van der Waals surface area contributed by atoms with Gasteiger partial charge in [0.1, 0.15) is 5.75 Å². The molecule has 1 amide bonds. The van der Waals surface area contributed by atoms with Crippen molar-refractivity contribution in [3.8, 4) is 0 Å². The van der Waals surface area contributed by atoms with Crippen LogP contribution in [0.1, 0.15) is 19.4 Å². The molecular formula is C16H28ClN3O3S. The second kappa shape index (κ2) is 11.4. The van der Waals surface area contributed by atoms with Crippen LogP contribution in [0.5, 0.6) is 0 Å². The van der Waals surface area contributed by atoms with Gasteiger partial charge in [-0.15, -0.1) is 12.4 Å². The molecule has 8 heteroatoms. The van der Waals surface area contributed by atoms with Gasteiger partial charge < -0.3 is 10.6 Å². The first-order valence-electron chi connectivity index (χ1n) is 7.94. The standard InChI is InChI=1S/C16H27N3O3S.ClH/c1-3-19(4-2)23(21,22)14-16(20)18(13-11-17)12-10-15-8-6-5-7-9-15;/h5-9H,3-4,10-14,17H2,1-2H3;1H. The molecule has 0 atom stereocenters. The monoisotopic (exact) mass is 377 g/mol. The summed E-state index contributed by atoms with van der Waals surface area (Å²) >= 11 is 0. The third kappa shape index (κ3) is 7.17. The van der Waals surface area contributed by atoms with Gasteiger partial charge in [-0.3, -0.25) is 4.79 Å². The number of carbonyl (C=O) groups is 1. The average molecular weight is 378 g/mol. The molecule has 138 valence electrons. The van der Waals surface area contributed by atoms with Crippen molar-refractivity contribution < 1.29 is 13.2 Å². The molecule has 0 aliphatic heterocycles. The van der Waals surface area contributed by atoms with Gasteiger partial charge in [0, 0.05) is 32.7 Å². The zero-order valence-corrected chi connectivity index (χ0v) is 16.0. The zero-order valence-electron chi connectivity index (χ0n) is 14.3. The minimum atomic E-state index is -3.57. The first-order valence-corrected chi connectivity index (χ1v) is 9.55. The van der Waals surface area contributed by atoms with Gasteiger partial charge in [0.15, 0.2) is 0 Å². The summed E-state index contributed by atoms with van der Waals surface area (Å²) in [5.41, 5.74) is 6.66. The average Bonchev–Trinajstić information content (AvgIpc) is 2.52. The maximum atomic E-state index is 12.4. The van der Waals surface area contributed by atoms with Gasteiger partial charge >= 0.3 is 0 Å². The Balaban J connectivity index is 0.00000529. The van der Waals surface area contributed by atoms with Crippen LogP contribution in [0.3, 0.4) is 0 Å². The van der Waals surface area contributed by atoms with Crippen LogP contribution in [0.15, 0.2) is 30.3 Å². The highest BCUT2D eigenvalue weighted by atomic mass is 35.5. The lowest BCUT2D eigenvalue weighted by Gasteiger charge is -2.24. The van der Waals surface area contributed by atoms with Crippen molar-refractivity contribution in [2.24, 2.45) is 5.73 Å². The highest BCUT2D eigenvalue weighted by Gasteiger charge is 2.25. The van der Waals surface area contributed by atoms with E-state index >= 15 is 0 Å². The fourth-order valence-electron chi connectivity index (χ4n) is 2.38. The van der Waals surface area contributed by atoms with Crippen molar-refractivity contribution >= 4 is 28.3 Å². The van der Waals surface area contributed by atoms with Gasteiger partial charge in [-0.1, -0.05) is 44.2 Å². The van der Waals surface area contributed by atoms with Crippen molar-refractivity contribution in [3.63, 3.8) is 0 Å². The summed E-state index contributed by atoms with van der Waals surface area (Å²) in [6.45, 7) is 5.40. The molecule has 0 fully saturated rings. The molecule has 0 saturated heterocycles. The van der Waals surface area contributed by atoms with Crippen molar-refractivity contribution in [2.45, 2.75) is 20.3 Å². The van der Waals surface area contributed by atoms with Crippen LogP contribution in [0.25, 0.3) is 0 Å². The molecule has 0 aromatic heterocycles. The van der Waals surface area contributed by atoms with E-state index in [2.05, 4.69) is 0 Å². The van der Waals surface area contributed by atoms with Crippen LogP contribution in [0.4, 0.5) is 0 Å². The lowest BCUT2D eigenvalue weighted by Crippen LogP contribution is -2.43. The lowest BCUT2D eigenvalue weighted by molar-refractivity contribution is -0.128. The number of nitrogens with zero attached hydrogens (tertiary/aromatic N) is 2. The second-order valence-corrected chi connectivity index (χ2v) is 7.21. The Hall–Kier alpha value is -1.15. The smallest absolute Gasteiger partial charge is 0.239 e. The molecule has 0 unspecified atom stereocenters. The second-order valence-electron chi connectivity index (χ2n) is 5.25. The number of halogens is 1. The molecule has 0 aliphatic carbocycles. The van der Waals surface area contributed by atoms with Crippen LogP contribution in [-0.4, -0.2) is 62.0 Å². The van der Waals surface area contributed by atoms with E-state index in [0.717, 1.165) is 5.56 Å². The van der Waals surface area contributed by atoms with E-state index in [1.165, 1.54) is 9.21 Å². The molecule has 6 nitrogen and oxygen atoms in total. The summed E-state index contributed by atoms with van der Waals surface area (Å²) in [7, 11) is -3.57. The van der Waals surface area contributed by atoms with E-state index in [0.29, 0.717) is 39.1 Å². The number of hydrogen-bond acceptors (Lipinski definition) is 4. The summed E-state index contributed by atoms with van der Waals surface area (Å²) in [4.78, 5) is 13.9. The van der Waals surface area contributed by atoms with Crippen molar-refractivity contribution in [3.05, 3.63) is 35.9 Å². The number of sulfonamides is 1. The SMILES string of the molecule is CCN(CC)S(=O)(=O)CC(=O)N(CCN)CCc1ccccc1.Cl. The third-order valence-corrected chi connectivity index (χ3v) is 5.58. The number of nitrogens with two attached hydrogens (primary N) is 1. The van der Waals surface area contributed by atoms with Gasteiger partial charge in [-0.25, -0.2) is 12.7 Å². The fourth-order valence-corrected chi connectivity index (χ4v) is 3.85. The maximum Gasteiger partial charge on any atom is 0.239 e. The highest BCUT2D eigenvalue weighted by molar-refractivity contribution is 7.89. The maximum absolute atomic E-state index is 12.4. The van der Waals surface area contributed by atoms with E-state index in [-0.39, 0.29) is 12.4 Å². The summed E-state index contributed by atoms with van der Waals surface area (Å²) in [6.07, 6.45) is 0.678. The van der Waals surface area contributed by atoms with Gasteiger partial charge in [0.05, 0.1) is 0 Å². The molecule has 1 rings (SSSR count). The van der Waals surface area contributed by atoms with Crippen molar-refractivity contribution in [1.29, 1.82) is 0 Å². The van der Waals surface area contributed by atoms with Crippen LogP contribution in [-0.2, 0) is 21.2 Å². The normalized spacial score (nSPS) is 11.2. The molecule has 0 heterocycles. The van der Waals surface area contributed by atoms with E-state index in [9.17, 15) is 13.2 Å². The Bertz CT molecular complexity index is 577. The predicted molar refractivity (Wildman–Crippen MR) is 99.7 cm³/mol. The quantitative estimate of drug-likeness (QED) is 0.662. The van der Waals surface area contributed by atoms with Crippen LogP contribution >= 0.6 is 12.4 Å². The number of carbonyl (C=O) groups excluding carboxylic acids is 1. The lowest BCUT2D eigenvalue weighted by atomic mass is 10.1. The Morgan fingerprint density at radius 3 is 2.17 bits per heavy atom. The summed E-state index contributed by atoms with van der Waals surface area (Å²) in [5.74, 6) is -0.887. The fraction of sp³-hybridized carbons (Fsp3) is 0.562. The molecular weight excluding hydrogens is 350 g/mol. The van der Waals surface area contributed by atoms with Gasteiger partial charge in [0.25, 0.3) is 0 Å². The largest absolute Gasteiger partial charge is 0.340 e. The Morgan fingerprint density at radius 2 is 1.67 bits per heavy atom. The molecule has 24 heavy (non-hydrogen) atoms. The summed E-state index contributed by atoms with van der Waals surface area (Å²) in [6, 6.07) is 9.78. The molecule has 0 radical (unpaired) electrons. The Labute approximate surface area is 151 Å². The Morgan fingerprint density at radius 1 is 1.08 bits per heavy atom. The topological polar surface area (TPSA) is 83.7 Å². The molecule has 0 bridgehead atoms. The van der Waals surface area contributed by atoms with E-state index in [1.807, 2.05) is 30.3 Å². The zero-order chi connectivity index (χ0) is 17.3. The summed E-state index contributed by atoms with van der Waals surface area (Å²) in [5, 5.41) is 0. The van der Waals surface area contributed by atoms with Gasteiger partial charge in [-0.2, -0.15) is 0 Å². The molecule has 1 aromatic carbocycles. The van der Waals surface area contributed by atoms with Crippen LogP contribution < -0.4 is 5.73 Å². The minimum absolute atomic E-state index is 0. The van der Waals surface area contributed by atoms with E-state index < -0.39 is 21.7 Å². The Kier molecular flexibility index (Phi) is 10.9. The van der Waals surface area contributed by atoms with E-state index in [4.69, 9.17) is 5.73 Å². The van der Waals surface area contributed by atoms with E-state index in [1.54, 1.807) is 13.8 Å². The van der Waals surface area contributed by atoms with Gasteiger partial charge in [0.2, 0.25) is 15.9 Å². The number of rotatable bonds is 10. The number of benzene rings is 1.